The van der Waals surface area contributed by atoms with Gasteiger partial charge in [0.05, 0.1) is 4.92 Å². The van der Waals surface area contributed by atoms with Gasteiger partial charge >= 0.3 is 0 Å². The van der Waals surface area contributed by atoms with E-state index in [9.17, 15) is 14.9 Å². The highest BCUT2D eigenvalue weighted by Gasteiger charge is 2.34. The molecular formula is C10H12N2O4. The smallest absolute Gasteiger partial charge is 0.269 e. The highest BCUT2D eigenvalue weighted by atomic mass is 16.6. The monoisotopic (exact) mass is 224 g/mol. The summed E-state index contributed by atoms with van der Waals surface area (Å²) in [5, 5.41) is 10.6. The van der Waals surface area contributed by atoms with E-state index in [0.29, 0.717) is 5.56 Å². The van der Waals surface area contributed by atoms with Crippen LogP contribution in [0, 0.1) is 10.1 Å². The highest BCUT2D eigenvalue weighted by molar-refractivity contribution is 5.84. The molecular weight excluding hydrogens is 212 g/mol. The molecule has 0 radical (unpaired) electrons. The molecule has 0 aliphatic rings. The Bertz CT molecular complexity index is 433. The number of rotatable bonds is 4. The molecule has 0 aliphatic carbocycles. The van der Waals surface area contributed by atoms with Crippen molar-refractivity contribution in [3.8, 4) is 0 Å². The number of benzene rings is 1. The standard InChI is InChI=1S/C10H12N2O4/c1-10(16-2,9(11)13)7-4-3-5-8(6-7)12(14)15/h3-6H,1-2H3,(H2,11,13). The molecule has 0 spiro atoms. The number of nitro groups is 1. The van der Waals surface area contributed by atoms with E-state index < -0.39 is 16.4 Å². The lowest BCUT2D eigenvalue weighted by Crippen LogP contribution is -2.40. The largest absolute Gasteiger partial charge is 0.367 e. The molecule has 0 bridgehead atoms. The normalized spacial score (nSPS) is 14.1. The van der Waals surface area contributed by atoms with Crippen molar-refractivity contribution < 1.29 is 14.5 Å². The maximum absolute atomic E-state index is 11.3. The summed E-state index contributed by atoms with van der Waals surface area (Å²) in [4.78, 5) is 21.3. The average molecular weight is 224 g/mol. The summed E-state index contributed by atoms with van der Waals surface area (Å²) in [6, 6.07) is 5.64. The van der Waals surface area contributed by atoms with E-state index in [-0.39, 0.29) is 5.69 Å². The number of methoxy groups -OCH3 is 1. The lowest BCUT2D eigenvalue weighted by Gasteiger charge is -2.24. The molecule has 0 aromatic heterocycles. The first kappa shape index (κ1) is 12.1. The van der Waals surface area contributed by atoms with E-state index in [1.165, 1.54) is 32.2 Å². The van der Waals surface area contributed by atoms with Gasteiger partial charge in [-0.15, -0.1) is 0 Å². The van der Waals surface area contributed by atoms with Crippen LogP contribution in [0.2, 0.25) is 0 Å². The summed E-state index contributed by atoms with van der Waals surface area (Å²) in [6.07, 6.45) is 0. The van der Waals surface area contributed by atoms with E-state index >= 15 is 0 Å². The first-order valence-corrected chi connectivity index (χ1v) is 4.52. The molecule has 1 amide bonds. The fraction of sp³-hybridized carbons (Fsp3) is 0.300. The number of carbonyl (C=O) groups is 1. The topological polar surface area (TPSA) is 95.5 Å². The zero-order valence-corrected chi connectivity index (χ0v) is 8.97. The minimum atomic E-state index is -1.36. The fourth-order valence-electron chi connectivity index (χ4n) is 1.28. The van der Waals surface area contributed by atoms with E-state index in [4.69, 9.17) is 10.5 Å². The van der Waals surface area contributed by atoms with Crippen LogP contribution >= 0.6 is 0 Å². The van der Waals surface area contributed by atoms with Gasteiger partial charge in [-0.25, -0.2) is 0 Å². The van der Waals surface area contributed by atoms with Crippen molar-refractivity contribution in [1.82, 2.24) is 0 Å². The molecule has 1 aromatic carbocycles. The van der Waals surface area contributed by atoms with Crippen LogP contribution in [0.3, 0.4) is 0 Å². The number of carbonyl (C=O) groups excluding carboxylic acids is 1. The Labute approximate surface area is 92.2 Å². The molecule has 0 aliphatic heterocycles. The molecule has 16 heavy (non-hydrogen) atoms. The predicted molar refractivity (Wildman–Crippen MR) is 56.7 cm³/mol. The van der Waals surface area contributed by atoms with Crippen LogP contribution in [0.15, 0.2) is 24.3 Å². The summed E-state index contributed by atoms with van der Waals surface area (Å²) in [5.41, 5.74) is 4.10. The molecule has 2 N–H and O–H groups in total. The lowest BCUT2D eigenvalue weighted by atomic mass is 9.94. The number of primary amides is 1. The number of amides is 1. The Morgan fingerprint density at radius 1 is 1.56 bits per heavy atom. The van der Waals surface area contributed by atoms with Crippen molar-refractivity contribution in [2.75, 3.05) is 7.11 Å². The van der Waals surface area contributed by atoms with Gasteiger partial charge in [0.1, 0.15) is 0 Å². The molecule has 6 nitrogen and oxygen atoms in total. The number of hydrogen-bond acceptors (Lipinski definition) is 4. The molecule has 0 saturated carbocycles. The van der Waals surface area contributed by atoms with Gasteiger partial charge in [-0.1, -0.05) is 12.1 Å². The van der Waals surface area contributed by atoms with Crippen molar-refractivity contribution in [2.45, 2.75) is 12.5 Å². The minimum Gasteiger partial charge on any atom is -0.367 e. The van der Waals surface area contributed by atoms with E-state index in [1.54, 1.807) is 6.07 Å². The zero-order valence-electron chi connectivity index (χ0n) is 8.97. The Morgan fingerprint density at radius 2 is 2.19 bits per heavy atom. The lowest BCUT2D eigenvalue weighted by molar-refractivity contribution is -0.385. The summed E-state index contributed by atoms with van der Waals surface area (Å²) >= 11 is 0. The Balaban J connectivity index is 3.26. The molecule has 1 rings (SSSR count). The van der Waals surface area contributed by atoms with Crippen molar-refractivity contribution >= 4 is 11.6 Å². The SMILES string of the molecule is COC(C)(C(N)=O)c1cccc([N+](=O)[O-])c1. The Hall–Kier alpha value is -1.95. The van der Waals surface area contributed by atoms with Gasteiger partial charge in [0.2, 0.25) is 0 Å². The Morgan fingerprint density at radius 3 is 2.62 bits per heavy atom. The van der Waals surface area contributed by atoms with Crippen LogP contribution < -0.4 is 5.73 Å². The second-order valence-corrected chi connectivity index (χ2v) is 3.41. The number of non-ortho nitro benzene ring substituents is 1. The molecule has 0 saturated heterocycles. The second-order valence-electron chi connectivity index (χ2n) is 3.41. The fourth-order valence-corrected chi connectivity index (χ4v) is 1.28. The molecule has 86 valence electrons. The molecule has 6 heteroatoms. The van der Waals surface area contributed by atoms with Crippen LogP contribution in [0.5, 0.6) is 0 Å². The summed E-state index contributed by atoms with van der Waals surface area (Å²) < 4.78 is 5.02. The van der Waals surface area contributed by atoms with Gasteiger partial charge in [0, 0.05) is 19.2 Å². The third-order valence-corrected chi connectivity index (χ3v) is 2.49. The van der Waals surface area contributed by atoms with Gasteiger partial charge in [-0.3, -0.25) is 14.9 Å². The maximum atomic E-state index is 11.3. The molecule has 1 aromatic rings. The first-order valence-electron chi connectivity index (χ1n) is 4.52. The number of hydrogen-bond donors (Lipinski definition) is 1. The van der Waals surface area contributed by atoms with Crippen LogP contribution in [0.1, 0.15) is 12.5 Å². The third kappa shape index (κ3) is 2.01. The predicted octanol–water partition coefficient (Wildman–Crippen LogP) is 0.942. The van der Waals surface area contributed by atoms with Gasteiger partial charge in [0.25, 0.3) is 11.6 Å². The van der Waals surface area contributed by atoms with Crippen molar-refractivity contribution in [3.05, 3.63) is 39.9 Å². The molecule has 0 fully saturated rings. The van der Waals surface area contributed by atoms with Crippen molar-refractivity contribution in [2.24, 2.45) is 5.73 Å². The van der Waals surface area contributed by atoms with E-state index in [1.807, 2.05) is 0 Å². The van der Waals surface area contributed by atoms with E-state index in [2.05, 4.69) is 0 Å². The van der Waals surface area contributed by atoms with Crippen LogP contribution in [0.4, 0.5) is 5.69 Å². The maximum Gasteiger partial charge on any atom is 0.269 e. The molecule has 1 unspecified atom stereocenters. The summed E-state index contributed by atoms with van der Waals surface area (Å²) in [5.74, 6) is -0.699. The molecule has 0 heterocycles. The van der Waals surface area contributed by atoms with Crippen LogP contribution in [0.25, 0.3) is 0 Å². The minimum absolute atomic E-state index is 0.109. The van der Waals surface area contributed by atoms with Gasteiger partial charge in [0.15, 0.2) is 5.60 Å². The number of ether oxygens (including phenoxy) is 1. The van der Waals surface area contributed by atoms with E-state index in [0.717, 1.165) is 0 Å². The Kier molecular flexibility index (Phi) is 3.24. The quantitative estimate of drug-likeness (QED) is 0.608. The second kappa shape index (κ2) is 4.28. The van der Waals surface area contributed by atoms with Crippen molar-refractivity contribution in [1.29, 1.82) is 0 Å². The molecule has 1 atom stereocenters. The highest BCUT2D eigenvalue weighted by Crippen LogP contribution is 2.27. The first-order chi connectivity index (χ1) is 7.41. The van der Waals surface area contributed by atoms with Crippen LogP contribution in [-0.2, 0) is 15.1 Å². The number of nitro benzene ring substituents is 1. The van der Waals surface area contributed by atoms with Gasteiger partial charge in [-0.2, -0.15) is 0 Å². The van der Waals surface area contributed by atoms with Gasteiger partial charge < -0.3 is 10.5 Å². The number of nitrogens with two attached hydrogens (primary N) is 1. The van der Waals surface area contributed by atoms with Crippen LogP contribution in [-0.4, -0.2) is 17.9 Å². The summed E-state index contributed by atoms with van der Waals surface area (Å²) in [7, 11) is 1.32. The number of nitrogens with zero attached hydrogens (tertiary/aromatic N) is 1. The average Bonchev–Trinajstić information content (AvgIpc) is 2.27. The van der Waals surface area contributed by atoms with Gasteiger partial charge in [-0.05, 0) is 12.5 Å². The zero-order chi connectivity index (χ0) is 12.3. The van der Waals surface area contributed by atoms with Crippen molar-refractivity contribution in [3.63, 3.8) is 0 Å². The third-order valence-electron chi connectivity index (χ3n) is 2.49. The summed E-state index contributed by atoms with van der Waals surface area (Å²) in [6.45, 7) is 1.47.